The first-order valence-electron chi connectivity index (χ1n) is 3.75. The molecule has 1 heterocycles. The molecule has 0 saturated heterocycles. The van der Waals surface area contributed by atoms with Gasteiger partial charge in [-0.25, -0.2) is 4.39 Å². The fourth-order valence-electron chi connectivity index (χ4n) is 1.29. The molecule has 2 aromatic rings. The number of hydrogen-bond acceptors (Lipinski definition) is 2. The van der Waals surface area contributed by atoms with Gasteiger partial charge in [-0.1, -0.05) is 5.16 Å². The van der Waals surface area contributed by atoms with Gasteiger partial charge in [-0.3, -0.25) is 0 Å². The second-order valence-electron chi connectivity index (χ2n) is 2.68. The van der Waals surface area contributed by atoms with Gasteiger partial charge in [0.1, 0.15) is 5.82 Å². The Morgan fingerprint density at radius 1 is 1.46 bits per heavy atom. The van der Waals surface area contributed by atoms with Gasteiger partial charge in [-0.15, -0.1) is 0 Å². The van der Waals surface area contributed by atoms with Crippen molar-refractivity contribution in [3.05, 3.63) is 35.8 Å². The maximum absolute atomic E-state index is 12.7. The summed E-state index contributed by atoms with van der Waals surface area (Å²) in [5.74, 6) is -0.290. The highest BCUT2D eigenvalue weighted by molar-refractivity contribution is 5.98. The van der Waals surface area contributed by atoms with Crippen molar-refractivity contribution in [2.45, 2.75) is 0 Å². The summed E-state index contributed by atoms with van der Waals surface area (Å²) in [4.78, 5) is 2.87. The number of rotatable bonds is 1. The number of benzene rings is 1. The molecule has 0 fully saturated rings. The van der Waals surface area contributed by atoms with Gasteiger partial charge in [0.05, 0.1) is 6.21 Å². The Labute approximate surface area is 73.5 Å². The van der Waals surface area contributed by atoms with Crippen LogP contribution in [0.4, 0.5) is 4.39 Å². The van der Waals surface area contributed by atoms with Crippen LogP contribution in [0, 0.1) is 5.82 Å². The normalized spacial score (nSPS) is 11.5. The molecular weight excluding hydrogens is 171 g/mol. The van der Waals surface area contributed by atoms with Crippen LogP contribution in [0.5, 0.6) is 0 Å². The number of halogens is 1. The minimum Gasteiger partial charge on any atom is -0.411 e. The summed E-state index contributed by atoms with van der Waals surface area (Å²) in [6, 6.07) is 4.40. The highest BCUT2D eigenvalue weighted by atomic mass is 19.1. The lowest BCUT2D eigenvalue weighted by Crippen LogP contribution is -1.77. The Bertz CT molecular complexity index is 462. The van der Waals surface area contributed by atoms with Crippen molar-refractivity contribution < 1.29 is 9.60 Å². The van der Waals surface area contributed by atoms with Gasteiger partial charge in [0.25, 0.3) is 0 Å². The molecule has 0 aliphatic rings. The minimum absolute atomic E-state index is 0.290. The van der Waals surface area contributed by atoms with Gasteiger partial charge < -0.3 is 10.2 Å². The first-order chi connectivity index (χ1) is 6.31. The van der Waals surface area contributed by atoms with E-state index in [1.165, 1.54) is 18.3 Å². The SMILES string of the molecule is ON=Cc1c[nH]c2cc(F)ccc12. The summed E-state index contributed by atoms with van der Waals surface area (Å²) in [6.45, 7) is 0. The number of nitrogens with zero attached hydrogens (tertiary/aromatic N) is 1. The number of nitrogens with one attached hydrogen (secondary N) is 1. The van der Waals surface area contributed by atoms with E-state index >= 15 is 0 Å². The second-order valence-corrected chi connectivity index (χ2v) is 2.68. The van der Waals surface area contributed by atoms with Crippen molar-refractivity contribution in [3.8, 4) is 0 Å². The molecule has 3 nitrogen and oxygen atoms in total. The molecule has 0 atom stereocenters. The summed E-state index contributed by atoms with van der Waals surface area (Å²) < 4.78 is 12.7. The number of aromatic amines is 1. The van der Waals surface area contributed by atoms with Crippen LogP contribution in [0.2, 0.25) is 0 Å². The smallest absolute Gasteiger partial charge is 0.125 e. The largest absolute Gasteiger partial charge is 0.411 e. The van der Waals surface area contributed by atoms with Crippen molar-refractivity contribution in [1.82, 2.24) is 4.98 Å². The standard InChI is InChI=1S/C9H7FN2O/c10-7-1-2-8-6(5-12-13)4-11-9(8)3-7/h1-5,11,13H. The number of aromatic nitrogens is 1. The molecule has 0 saturated carbocycles. The zero-order valence-corrected chi connectivity index (χ0v) is 6.66. The van der Waals surface area contributed by atoms with Crippen LogP contribution in [-0.4, -0.2) is 16.4 Å². The lowest BCUT2D eigenvalue weighted by molar-refractivity contribution is 0.322. The van der Waals surface area contributed by atoms with Gasteiger partial charge in [0.15, 0.2) is 0 Å². The maximum Gasteiger partial charge on any atom is 0.125 e. The van der Waals surface area contributed by atoms with E-state index in [1.807, 2.05) is 0 Å². The fourth-order valence-corrected chi connectivity index (χ4v) is 1.29. The van der Waals surface area contributed by atoms with Crippen molar-refractivity contribution >= 4 is 17.1 Å². The summed E-state index contributed by atoms with van der Waals surface area (Å²) in [5, 5.41) is 12.1. The van der Waals surface area contributed by atoms with E-state index in [2.05, 4.69) is 10.1 Å². The van der Waals surface area contributed by atoms with Crippen LogP contribution in [-0.2, 0) is 0 Å². The van der Waals surface area contributed by atoms with Crippen LogP contribution < -0.4 is 0 Å². The lowest BCUT2D eigenvalue weighted by atomic mass is 10.2. The molecule has 1 aromatic carbocycles. The molecular formula is C9H7FN2O. The summed E-state index contributed by atoms with van der Waals surface area (Å²) in [7, 11) is 0. The van der Waals surface area contributed by atoms with E-state index < -0.39 is 0 Å². The minimum atomic E-state index is -0.290. The molecule has 0 unspecified atom stereocenters. The van der Waals surface area contributed by atoms with E-state index in [1.54, 1.807) is 12.3 Å². The third-order valence-corrected chi connectivity index (χ3v) is 1.87. The molecule has 13 heavy (non-hydrogen) atoms. The molecule has 1 aromatic heterocycles. The molecule has 66 valence electrons. The molecule has 0 spiro atoms. The van der Waals surface area contributed by atoms with E-state index in [-0.39, 0.29) is 5.82 Å². The maximum atomic E-state index is 12.7. The molecule has 4 heteroatoms. The Hall–Kier alpha value is -1.84. The summed E-state index contributed by atoms with van der Waals surface area (Å²) in [5.41, 5.74) is 1.42. The Morgan fingerprint density at radius 3 is 3.08 bits per heavy atom. The molecule has 2 N–H and O–H groups in total. The third kappa shape index (κ3) is 1.26. The predicted octanol–water partition coefficient (Wildman–Crippen LogP) is 2.12. The van der Waals surface area contributed by atoms with Crippen LogP contribution in [0.3, 0.4) is 0 Å². The molecule has 2 rings (SSSR count). The zero-order valence-electron chi connectivity index (χ0n) is 6.66. The molecule has 0 radical (unpaired) electrons. The molecule has 0 aliphatic carbocycles. The third-order valence-electron chi connectivity index (χ3n) is 1.87. The number of oxime groups is 1. The molecule has 0 amide bonds. The first kappa shape index (κ1) is 7.79. The van der Waals surface area contributed by atoms with E-state index in [0.29, 0.717) is 5.52 Å². The zero-order chi connectivity index (χ0) is 9.26. The van der Waals surface area contributed by atoms with E-state index in [0.717, 1.165) is 10.9 Å². The number of fused-ring (bicyclic) bond motifs is 1. The monoisotopic (exact) mass is 178 g/mol. The predicted molar refractivity (Wildman–Crippen MR) is 47.6 cm³/mol. The molecule has 0 bridgehead atoms. The Kier molecular flexibility index (Phi) is 1.73. The topological polar surface area (TPSA) is 48.4 Å². The Morgan fingerprint density at radius 2 is 2.31 bits per heavy atom. The highest BCUT2D eigenvalue weighted by Crippen LogP contribution is 2.17. The van der Waals surface area contributed by atoms with Gasteiger partial charge in [-0.2, -0.15) is 0 Å². The number of hydrogen-bond donors (Lipinski definition) is 2. The quantitative estimate of drug-likeness (QED) is 0.392. The van der Waals surface area contributed by atoms with Gasteiger partial charge in [-0.05, 0) is 18.2 Å². The molecule has 0 aliphatic heterocycles. The van der Waals surface area contributed by atoms with Crippen LogP contribution in [0.1, 0.15) is 5.56 Å². The van der Waals surface area contributed by atoms with Gasteiger partial charge >= 0.3 is 0 Å². The van der Waals surface area contributed by atoms with Gasteiger partial charge in [0.2, 0.25) is 0 Å². The van der Waals surface area contributed by atoms with Crippen LogP contribution in [0.15, 0.2) is 29.6 Å². The number of H-pyrrole nitrogens is 1. The average molecular weight is 178 g/mol. The summed E-state index contributed by atoms with van der Waals surface area (Å²) in [6.07, 6.45) is 2.96. The van der Waals surface area contributed by atoms with Crippen molar-refractivity contribution in [2.24, 2.45) is 5.16 Å². The van der Waals surface area contributed by atoms with Crippen LogP contribution in [0.25, 0.3) is 10.9 Å². The first-order valence-corrected chi connectivity index (χ1v) is 3.75. The Balaban J connectivity index is 2.68. The average Bonchev–Trinajstić information content (AvgIpc) is 2.49. The highest BCUT2D eigenvalue weighted by Gasteiger charge is 2.01. The second kappa shape index (κ2) is 2.90. The van der Waals surface area contributed by atoms with Crippen molar-refractivity contribution in [1.29, 1.82) is 0 Å². The van der Waals surface area contributed by atoms with E-state index in [4.69, 9.17) is 5.21 Å². The van der Waals surface area contributed by atoms with E-state index in [9.17, 15) is 4.39 Å². The fraction of sp³-hybridized carbons (Fsp3) is 0. The summed E-state index contributed by atoms with van der Waals surface area (Å²) >= 11 is 0. The lowest BCUT2D eigenvalue weighted by Gasteiger charge is -1.90. The van der Waals surface area contributed by atoms with Crippen molar-refractivity contribution in [3.63, 3.8) is 0 Å². The van der Waals surface area contributed by atoms with Crippen LogP contribution >= 0.6 is 0 Å². The van der Waals surface area contributed by atoms with Gasteiger partial charge in [0, 0.05) is 22.7 Å². The van der Waals surface area contributed by atoms with Crippen molar-refractivity contribution in [2.75, 3.05) is 0 Å².